The smallest absolute Gasteiger partial charge is 0.103 e. The van der Waals surface area contributed by atoms with Crippen LogP contribution in [0.1, 0.15) is 5.56 Å². The van der Waals surface area contributed by atoms with E-state index >= 15 is 0 Å². The molecule has 68 valence electrons. The van der Waals surface area contributed by atoms with Gasteiger partial charge in [0.1, 0.15) is 5.70 Å². The second-order valence-corrected chi connectivity index (χ2v) is 3.08. The van der Waals surface area contributed by atoms with E-state index in [4.69, 9.17) is 0 Å². The van der Waals surface area contributed by atoms with Crippen molar-refractivity contribution in [2.45, 2.75) is 0 Å². The molecule has 0 bridgehead atoms. The van der Waals surface area contributed by atoms with E-state index in [9.17, 15) is 0 Å². The molecule has 0 amide bonds. The first kappa shape index (κ1) is 7.32. The fourth-order valence-electron chi connectivity index (χ4n) is 1.55. The lowest BCUT2D eigenvalue weighted by molar-refractivity contribution is 0.778. The molecule has 0 spiro atoms. The molecule has 0 fully saturated rings. The van der Waals surface area contributed by atoms with Crippen LogP contribution in [0.3, 0.4) is 0 Å². The van der Waals surface area contributed by atoms with Crippen LogP contribution >= 0.6 is 0 Å². The first-order chi connectivity index (χ1) is 6.95. The standard InChI is InChI=1S/C10H8N4/c1-2-4-10-8(3-1)5-11-6-9-7-12-13-14(9)10/h1-7,13H. The highest BCUT2D eigenvalue weighted by atomic mass is 15.7. The Hall–Kier alpha value is -2.10. The predicted molar refractivity (Wildman–Crippen MR) is 56.2 cm³/mol. The van der Waals surface area contributed by atoms with E-state index in [0.717, 1.165) is 16.9 Å². The molecule has 4 heteroatoms. The average molecular weight is 184 g/mol. The van der Waals surface area contributed by atoms with Crippen LogP contribution in [-0.2, 0) is 0 Å². The van der Waals surface area contributed by atoms with Crippen LogP contribution in [0, 0.1) is 0 Å². The van der Waals surface area contributed by atoms with Crippen molar-refractivity contribution < 1.29 is 0 Å². The van der Waals surface area contributed by atoms with Crippen LogP contribution in [0.25, 0.3) is 0 Å². The third kappa shape index (κ3) is 0.939. The molecule has 2 heterocycles. The van der Waals surface area contributed by atoms with Crippen molar-refractivity contribution in [3.8, 4) is 0 Å². The number of anilines is 1. The third-order valence-electron chi connectivity index (χ3n) is 2.21. The first-order valence-electron chi connectivity index (χ1n) is 4.36. The zero-order valence-corrected chi connectivity index (χ0v) is 7.38. The highest BCUT2D eigenvalue weighted by Gasteiger charge is 2.18. The Bertz CT molecular complexity index is 459. The number of nitrogens with one attached hydrogen (secondary N) is 1. The third-order valence-corrected chi connectivity index (χ3v) is 2.21. The van der Waals surface area contributed by atoms with Crippen molar-refractivity contribution in [3.63, 3.8) is 0 Å². The highest BCUT2D eigenvalue weighted by molar-refractivity contribution is 5.95. The average Bonchev–Trinajstić information content (AvgIpc) is 2.61. The van der Waals surface area contributed by atoms with Gasteiger partial charge in [-0.1, -0.05) is 18.2 Å². The first-order valence-corrected chi connectivity index (χ1v) is 4.36. The summed E-state index contributed by atoms with van der Waals surface area (Å²) in [5.74, 6) is 0. The zero-order chi connectivity index (χ0) is 9.38. The predicted octanol–water partition coefficient (Wildman–Crippen LogP) is 1.27. The minimum atomic E-state index is 0.950. The minimum absolute atomic E-state index is 0.950. The fourth-order valence-corrected chi connectivity index (χ4v) is 1.55. The Labute approximate surface area is 81.2 Å². The maximum absolute atomic E-state index is 4.19. The molecule has 0 saturated heterocycles. The SMILES string of the molecule is C1=NC=C2C=NNN2c2ccccc21. The van der Waals surface area contributed by atoms with Gasteiger partial charge in [-0.05, 0) is 6.07 Å². The molecule has 1 N–H and O–H groups in total. The van der Waals surface area contributed by atoms with Gasteiger partial charge in [-0.15, -0.1) is 0 Å². The normalized spacial score (nSPS) is 16.9. The Morgan fingerprint density at radius 3 is 3.07 bits per heavy atom. The Balaban J connectivity index is 2.20. The number of aliphatic imine (C=N–C) groups is 1. The van der Waals surface area contributed by atoms with Gasteiger partial charge in [-0.3, -0.25) is 4.99 Å². The molecule has 0 saturated carbocycles. The van der Waals surface area contributed by atoms with Crippen LogP contribution in [-0.4, -0.2) is 12.4 Å². The molecule has 2 aliphatic heterocycles. The van der Waals surface area contributed by atoms with Gasteiger partial charge < -0.3 is 0 Å². The number of rotatable bonds is 0. The number of benzene rings is 1. The fraction of sp³-hybridized carbons (Fsp3) is 0. The largest absolute Gasteiger partial charge is 0.262 e. The summed E-state index contributed by atoms with van der Waals surface area (Å²) in [5.41, 5.74) is 6.01. The zero-order valence-electron chi connectivity index (χ0n) is 7.38. The van der Waals surface area contributed by atoms with E-state index in [1.54, 1.807) is 12.4 Å². The van der Waals surface area contributed by atoms with Crippen molar-refractivity contribution in [1.82, 2.24) is 5.53 Å². The lowest BCUT2D eigenvalue weighted by atomic mass is 10.2. The number of allylic oxidation sites excluding steroid dienone is 1. The molecule has 0 atom stereocenters. The Morgan fingerprint density at radius 1 is 1.14 bits per heavy atom. The second kappa shape index (κ2) is 2.70. The van der Waals surface area contributed by atoms with Gasteiger partial charge in [0.05, 0.1) is 18.1 Å². The van der Waals surface area contributed by atoms with Crippen molar-refractivity contribution in [3.05, 3.63) is 41.7 Å². The van der Waals surface area contributed by atoms with Gasteiger partial charge in [-0.2, -0.15) is 5.10 Å². The van der Waals surface area contributed by atoms with Crippen molar-refractivity contribution in [1.29, 1.82) is 0 Å². The van der Waals surface area contributed by atoms with Crippen molar-refractivity contribution >= 4 is 18.1 Å². The number of fused-ring (bicyclic) bond motifs is 3. The Morgan fingerprint density at radius 2 is 2.07 bits per heavy atom. The van der Waals surface area contributed by atoms with Gasteiger partial charge in [0, 0.05) is 11.8 Å². The van der Waals surface area contributed by atoms with Crippen LogP contribution in [0.5, 0.6) is 0 Å². The molecule has 0 aliphatic carbocycles. The van der Waals surface area contributed by atoms with Crippen LogP contribution in [0.4, 0.5) is 5.69 Å². The highest BCUT2D eigenvalue weighted by Crippen LogP contribution is 2.24. The molecule has 4 nitrogen and oxygen atoms in total. The summed E-state index contributed by atoms with van der Waals surface area (Å²) in [6, 6.07) is 8.04. The lowest BCUT2D eigenvalue weighted by Gasteiger charge is -2.18. The van der Waals surface area contributed by atoms with Gasteiger partial charge in [-0.25, -0.2) is 10.5 Å². The van der Waals surface area contributed by atoms with E-state index in [-0.39, 0.29) is 0 Å². The summed E-state index contributed by atoms with van der Waals surface area (Å²) in [6.45, 7) is 0. The topological polar surface area (TPSA) is 40.0 Å². The molecule has 1 aromatic rings. The van der Waals surface area contributed by atoms with Crippen LogP contribution in [0.2, 0.25) is 0 Å². The lowest BCUT2D eigenvalue weighted by Crippen LogP contribution is -2.28. The van der Waals surface area contributed by atoms with Gasteiger partial charge in [0.25, 0.3) is 0 Å². The maximum Gasteiger partial charge on any atom is 0.103 e. The molecule has 14 heavy (non-hydrogen) atoms. The van der Waals surface area contributed by atoms with E-state index in [1.807, 2.05) is 35.5 Å². The van der Waals surface area contributed by atoms with E-state index in [2.05, 4.69) is 15.6 Å². The molecule has 1 aromatic carbocycles. The molecule has 3 rings (SSSR count). The van der Waals surface area contributed by atoms with E-state index < -0.39 is 0 Å². The van der Waals surface area contributed by atoms with Crippen LogP contribution < -0.4 is 10.5 Å². The van der Waals surface area contributed by atoms with Crippen molar-refractivity contribution in [2.24, 2.45) is 10.1 Å². The van der Waals surface area contributed by atoms with Gasteiger partial charge >= 0.3 is 0 Å². The van der Waals surface area contributed by atoms with Crippen LogP contribution in [0.15, 0.2) is 46.3 Å². The summed E-state index contributed by atoms with van der Waals surface area (Å²) in [5, 5.41) is 5.88. The molecular formula is C10H8N4. The molecular weight excluding hydrogens is 176 g/mol. The number of hydrogen-bond acceptors (Lipinski definition) is 4. The van der Waals surface area contributed by atoms with E-state index in [0.29, 0.717) is 0 Å². The Kier molecular flexibility index (Phi) is 1.41. The summed E-state index contributed by atoms with van der Waals surface area (Å²) < 4.78 is 0. The molecule has 0 aromatic heterocycles. The van der Waals surface area contributed by atoms with Crippen molar-refractivity contribution in [2.75, 3.05) is 5.01 Å². The minimum Gasteiger partial charge on any atom is -0.262 e. The van der Waals surface area contributed by atoms with E-state index in [1.165, 1.54) is 0 Å². The quantitative estimate of drug-likeness (QED) is 0.659. The summed E-state index contributed by atoms with van der Waals surface area (Å²) in [6.07, 6.45) is 5.37. The summed E-state index contributed by atoms with van der Waals surface area (Å²) >= 11 is 0. The van der Waals surface area contributed by atoms with Gasteiger partial charge in [0.2, 0.25) is 0 Å². The van der Waals surface area contributed by atoms with Gasteiger partial charge in [0.15, 0.2) is 0 Å². The summed E-state index contributed by atoms with van der Waals surface area (Å²) in [7, 11) is 0. The second-order valence-electron chi connectivity index (χ2n) is 3.08. The number of para-hydroxylation sites is 1. The molecule has 0 radical (unpaired) electrons. The number of hydrogen-bond donors (Lipinski definition) is 1. The number of hydrazine groups is 1. The number of nitrogens with zero attached hydrogens (tertiary/aromatic N) is 3. The number of hydrazone groups is 1. The molecule has 2 aliphatic rings. The monoisotopic (exact) mass is 184 g/mol. The molecule has 0 unspecified atom stereocenters. The summed E-state index contributed by atoms with van der Waals surface area (Å²) in [4.78, 5) is 4.19. The maximum atomic E-state index is 4.19.